The van der Waals surface area contributed by atoms with Gasteiger partial charge in [-0.25, -0.2) is 4.98 Å². The number of aromatic nitrogens is 2. The minimum Gasteiger partial charge on any atom is -0.466 e. The van der Waals surface area contributed by atoms with Crippen molar-refractivity contribution in [2.24, 2.45) is 0 Å². The van der Waals surface area contributed by atoms with E-state index in [1.165, 1.54) is 35.1 Å². The zero-order valence-electron chi connectivity index (χ0n) is 14.9. The molecule has 0 radical (unpaired) electrons. The van der Waals surface area contributed by atoms with E-state index in [0.717, 1.165) is 15.5 Å². The third-order valence-corrected chi connectivity index (χ3v) is 5.89. The summed E-state index contributed by atoms with van der Waals surface area (Å²) in [6, 6.07) is 7.34. The first-order chi connectivity index (χ1) is 12.5. The molecule has 0 aliphatic heterocycles. The van der Waals surface area contributed by atoms with Crippen LogP contribution in [-0.2, 0) is 14.3 Å². The predicted octanol–water partition coefficient (Wildman–Crippen LogP) is 3.47. The largest absolute Gasteiger partial charge is 0.466 e. The lowest BCUT2D eigenvalue weighted by Gasteiger charge is -2.18. The van der Waals surface area contributed by atoms with Crippen molar-refractivity contribution in [1.29, 1.82) is 0 Å². The predicted molar refractivity (Wildman–Crippen MR) is 106 cm³/mol. The molecule has 140 valence electrons. The van der Waals surface area contributed by atoms with Gasteiger partial charge in [0.25, 0.3) is 0 Å². The van der Waals surface area contributed by atoms with Crippen LogP contribution in [0.5, 0.6) is 0 Å². The highest BCUT2D eigenvalue weighted by Crippen LogP contribution is 2.24. The number of carbonyl (C=O) groups excluding carboxylic acids is 2. The first-order valence-corrected chi connectivity index (χ1v) is 11.0. The molecule has 6 nitrogen and oxygen atoms in total. The normalized spacial score (nSPS) is 11.8. The maximum Gasteiger partial charge on any atom is 0.308 e. The zero-order valence-corrected chi connectivity index (χ0v) is 17.3. The van der Waals surface area contributed by atoms with Crippen molar-refractivity contribution < 1.29 is 14.3 Å². The number of esters is 1. The van der Waals surface area contributed by atoms with E-state index in [1.807, 2.05) is 37.4 Å². The Hall–Kier alpha value is -1.58. The van der Waals surface area contributed by atoms with Crippen molar-refractivity contribution >= 4 is 46.9 Å². The minimum absolute atomic E-state index is 0.0999. The number of aryl methyl sites for hydroxylation is 1. The third-order valence-electron chi connectivity index (χ3n) is 3.39. The molecule has 0 aliphatic carbocycles. The fourth-order valence-corrected chi connectivity index (χ4v) is 4.16. The molecular formula is C17H21N3O3S3. The number of carbonyl (C=O) groups is 2. The molecule has 0 saturated heterocycles. The molecule has 1 N–H and O–H groups in total. The van der Waals surface area contributed by atoms with Crippen LogP contribution in [0.3, 0.4) is 0 Å². The van der Waals surface area contributed by atoms with Gasteiger partial charge in [-0.05, 0) is 37.2 Å². The maximum absolute atomic E-state index is 12.3. The van der Waals surface area contributed by atoms with Crippen molar-refractivity contribution in [3.05, 3.63) is 35.4 Å². The molecule has 0 spiro atoms. The number of nitrogens with zero attached hydrogens (tertiary/aromatic N) is 2. The molecule has 2 aromatic rings. The molecule has 0 saturated carbocycles. The zero-order chi connectivity index (χ0) is 18.9. The van der Waals surface area contributed by atoms with E-state index in [0.29, 0.717) is 11.8 Å². The summed E-state index contributed by atoms with van der Waals surface area (Å²) in [5.41, 5.74) is 1.99. The highest BCUT2D eigenvalue weighted by atomic mass is 32.2. The second-order valence-electron chi connectivity index (χ2n) is 5.38. The molecule has 0 fully saturated rings. The summed E-state index contributed by atoms with van der Waals surface area (Å²) in [6.07, 6.45) is 2.01. The number of ether oxygens (including phenoxy) is 1. The van der Waals surface area contributed by atoms with Crippen LogP contribution in [-0.4, -0.2) is 39.8 Å². The van der Waals surface area contributed by atoms with Crippen LogP contribution in [0.2, 0.25) is 0 Å². The van der Waals surface area contributed by atoms with Crippen LogP contribution in [0.1, 0.15) is 30.5 Å². The summed E-state index contributed by atoms with van der Waals surface area (Å²) in [7, 11) is 0. The van der Waals surface area contributed by atoms with Crippen LogP contribution in [0.15, 0.2) is 33.8 Å². The van der Waals surface area contributed by atoms with Gasteiger partial charge in [-0.1, -0.05) is 53.4 Å². The van der Waals surface area contributed by atoms with Gasteiger partial charge < -0.3 is 10.1 Å². The van der Waals surface area contributed by atoms with E-state index in [2.05, 4.69) is 14.7 Å². The number of amides is 1. The van der Waals surface area contributed by atoms with Gasteiger partial charge in [-0.2, -0.15) is 4.37 Å². The monoisotopic (exact) mass is 411 g/mol. The Balaban J connectivity index is 1.98. The van der Waals surface area contributed by atoms with Crippen molar-refractivity contribution in [1.82, 2.24) is 14.7 Å². The maximum atomic E-state index is 12.3. The highest BCUT2D eigenvalue weighted by Gasteiger charge is 2.19. The van der Waals surface area contributed by atoms with Gasteiger partial charge in [-0.15, -0.1) is 0 Å². The fourth-order valence-electron chi connectivity index (χ4n) is 2.14. The molecule has 9 heteroatoms. The van der Waals surface area contributed by atoms with Gasteiger partial charge in [-0.3, -0.25) is 9.59 Å². The molecule has 1 heterocycles. The fraction of sp³-hybridized carbons (Fsp3) is 0.412. The van der Waals surface area contributed by atoms with Crippen molar-refractivity contribution in [3.63, 3.8) is 0 Å². The molecule has 0 bridgehead atoms. The second-order valence-corrected chi connectivity index (χ2v) is 8.12. The molecule has 1 amide bonds. The molecular weight excluding hydrogens is 390 g/mol. The Morgan fingerprint density at radius 3 is 2.65 bits per heavy atom. The Bertz CT molecular complexity index is 734. The molecule has 0 aliphatic rings. The average Bonchev–Trinajstić information content (AvgIpc) is 3.08. The van der Waals surface area contributed by atoms with Gasteiger partial charge in [0.05, 0.1) is 24.8 Å². The van der Waals surface area contributed by atoms with Crippen LogP contribution in [0, 0.1) is 6.92 Å². The van der Waals surface area contributed by atoms with Gasteiger partial charge in [0.2, 0.25) is 11.1 Å². The first kappa shape index (κ1) is 20.7. The number of hydrogen-bond acceptors (Lipinski definition) is 8. The minimum atomic E-state index is -0.418. The van der Waals surface area contributed by atoms with Crippen LogP contribution in [0.4, 0.5) is 0 Å². The Morgan fingerprint density at radius 1 is 1.31 bits per heavy atom. The second kappa shape index (κ2) is 10.5. The third kappa shape index (κ3) is 6.62. The van der Waals surface area contributed by atoms with Gasteiger partial charge in [0.1, 0.15) is 0 Å². The van der Waals surface area contributed by atoms with E-state index in [4.69, 9.17) is 4.74 Å². The molecule has 1 atom stereocenters. The summed E-state index contributed by atoms with van der Waals surface area (Å²) in [4.78, 5) is 28.5. The number of thioether (sulfide) groups is 2. The standard InChI is InChI=1S/C17H21N3O3S3/c1-4-23-15(22)9-13(12-7-5-11(2)6-8-12)18-14(21)10-25-17-19-16(24-3)20-26-17/h5-8,13H,4,9-10H2,1-3H3,(H,18,21). The van der Waals surface area contributed by atoms with E-state index < -0.39 is 6.04 Å². The average molecular weight is 412 g/mol. The van der Waals surface area contributed by atoms with Gasteiger partial charge in [0.15, 0.2) is 4.34 Å². The summed E-state index contributed by atoms with van der Waals surface area (Å²) in [5, 5.41) is 3.63. The summed E-state index contributed by atoms with van der Waals surface area (Å²) in [6.45, 7) is 4.07. The first-order valence-electron chi connectivity index (χ1n) is 8.03. The molecule has 2 rings (SSSR count). The van der Waals surface area contributed by atoms with Crippen molar-refractivity contribution in [3.8, 4) is 0 Å². The number of nitrogens with one attached hydrogen (secondary N) is 1. The summed E-state index contributed by atoms with van der Waals surface area (Å²) < 4.78 is 9.95. The number of hydrogen-bond donors (Lipinski definition) is 1. The molecule has 1 aromatic carbocycles. The lowest BCUT2D eigenvalue weighted by Crippen LogP contribution is -2.31. The van der Waals surface area contributed by atoms with Gasteiger partial charge in [0, 0.05) is 0 Å². The van der Waals surface area contributed by atoms with Crippen molar-refractivity contribution in [2.75, 3.05) is 18.6 Å². The quantitative estimate of drug-likeness (QED) is 0.500. The van der Waals surface area contributed by atoms with Crippen LogP contribution >= 0.6 is 35.1 Å². The highest BCUT2D eigenvalue weighted by molar-refractivity contribution is 8.01. The molecule has 1 unspecified atom stereocenters. The summed E-state index contributed by atoms with van der Waals surface area (Å²) in [5.74, 6) is -0.278. The topological polar surface area (TPSA) is 81.2 Å². The Morgan fingerprint density at radius 2 is 2.04 bits per heavy atom. The van der Waals surface area contributed by atoms with Crippen molar-refractivity contribution in [2.45, 2.75) is 35.8 Å². The SMILES string of the molecule is CCOC(=O)CC(NC(=O)CSc1nc(SC)ns1)c1ccc(C)cc1. The van der Waals surface area contributed by atoms with E-state index in [9.17, 15) is 9.59 Å². The van der Waals surface area contributed by atoms with Crippen LogP contribution in [0.25, 0.3) is 0 Å². The Labute approximate surface area is 165 Å². The smallest absolute Gasteiger partial charge is 0.308 e. The van der Waals surface area contributed by atoms with E-state index in [1.54, 1.807) is 6.92 Å². The Kier molecular flexibility index (Phi) is 8.40. The number of rotatable bonds is 9. The summed E-state index contributed by atoms with van der Waals surface area (Å²) >= 11 is 4.08. The van der Waals surface area contributed by atoms with Crippen LogP contribution < -0.4 is 5.32 Å². The van der Waals surface area contributed by atoms with E-state index in [-0.39, 0.29) is 24.1 Å². The lowest BCUT2D eigenvalue weighted by molar-refractivity contribution is -0.143. The molecule has 26 heavy (non-hydrogen) atoms. The molecule has 1 aromatic heterocycles. The number of benzene rings is 1. The lowest BCUT2D eigenvalue weighted by atomic mass is 10.0. The van der Waals surface area contributed by atoms with Gasteiger partial charge >= 0.3 is 5.97 Å². The van der Waals surface area contributed by atoms with E-state index >= 15 is 0 Å².